The lowest BCUT2D eigenvalue weighted by molar-refractivity contribution is 0.260. The number of aromatic amines is 1. The van der Waals surface area contributed by atoms with Gasteiger partial charge in [0.2, 0.25) is 0 Å². The van der Waals surface area contributed by atoms with E-state index in [0.717, 1.165) is 37.6 Å². The van der Waals surface area contributed by atoms with Crippen LogP contribution in [0.3, 0.4) is 0 Å². The fourth-order valence-corrected chi connectivity index (χ4v) is 3.79. The first-order chi connectivity index (χ1) is 14.8. The molecule has 0 atom stereocenters. The number of fused-ring (bicyclic) bond motifs is 1. The van der Waals surface area contributed by atoms with E-state index >= 15 is 0 Å². The maximum absolute atomic E-state index is 5.46. The van der Waals surface area contributed by atoms with E-state index in [2.05, 4.69) is 69.6 Å². The summed E-state index contributed by atoms with van der Waals surface area (Å²) in [5, 5.41) is 1.28. The number of methoxy groups -OCH3 is 2. The summed E-state index contributed by atoms with van der Waals surface area (Å²) in [6.07, 6.45) is 6.76. The zero-order valence-corrected chi connectivity index (χ0v) is 17.5. The topological polar surface area (TPSA) is 50.4 Å². The Hall–Kier alpha value is -3.31. The van der Waals surface area contributed by atoms with Crippen LogP contribution in [0, 0.1) is 0 Å². The van der Waals surface area contributed by atoms with E-state index in [1.165, 1.54) is 27.6 Å². The quantitative estimate of drug-likeness (QED) is 0.437. The molecular weight excluding hydrogens is 374 g/mol. The van der Waals surface area contributed by atoms with Gasteiger partial charge in [-0.1, -0.05) is 24.3 Å². The number of H-pyrrole nitrogens is 1. The van der Waals surface area contributed by atoms with E-state index in [0.29, 0.717) is 0 Å². The zero-order valence-electron chi connectivity index (χ0n) is 17.5. The van der Waals surface area contributed by atoms with E-state index in [-0.39, 0.29) is 0 Å². The molecule has 4 rings (SSSR count). The number of aromatic nitrogens is 2. The number of hydrogen-bond acceptors (Lipinski definition) is 4. The molecule has 0 fully saturated rings. The fourth-order valence-electron chi connectivity index (χ4n) is 3.79. The third kappa shape index (κ3) is 4.63. The van der Waals surface area contributed by atoms with Crippen molar-refractivity contribution in [2.24, 2.45) is 0 Å². The van der Waals surface area contributed by atoms with Crippen LogP contribution in [0.2, 0.25) is 0 Å². The second kappa shape index (κ2) is 9.46. The van der Waals surface area contributed by atoms with Crippen molar-refractivity contribution < 1.29 is 9.47 Å². The van der Waals surface area contributed by atoms with Crippen molar-refractivity contribution in [3.05, 3.63) is 89.9 Å². The Kier molecular flexibility index (Phi) is 6.30. The van der Waals surface area contributed by atoms with Gasteiger partial charge in [0.15, 0.2) is 11.5 Å². The standard InChI is InChI=1S/C25H27N3O2/c1-29-24-8-7-19(15-25(24)30-2)11-14-28(17-20-9-12-26-13-10-20)18-21-16-27-23-6-4-3-5-22(21)23/h3-10,12-13,15-16,27H,11,14,17-18H2,1-2H3. The minimum atomic E-state index is 0.758. The lowest BCUT2D eigenvalue weighted by Crippen LogP contribution is -2.25. The smallest absolute Gasteiger partial charge is 0.160 e. The molecule has 1 N–H and O–H groups in total. The molecule has 0 spiro atoms. The van der Waals surface area contributed by atoms with Gasteiger partial charge in [-0.3, -0.25) is 9.88 Å². The second-order valence-electron chi connectivity index (χ2n) is 7.36. The van der Waals surface area contributed by atoms with Crippen LogP contribution in [-0.4, -0.2) is 35.6 Å². The number of hydrogen-bond donors (Lipinski definition) is 1. The number of benzene rings is 2. The van der Waals surface area contributed by atoms with Crippen LogP contribution in [0.15, 0.2) is 73.2 Å². The van der Waals surface area contributed by atoms with Crippen molar-refractivity contribution >= 4 is 10.9 Å². The molecule has 2 aromatic heterocycles. The van der Waals surface area contributed by atoms with Crippen LogP contribution < -0.4 is 9.47 Å². The molecule has 154 valence electrons. The molecule has 2 heterocycles. The molecule has 0 aliphatic heterocycles. The lowest BCUT2D eigenvalue weighted by Gasteiger charge is -2.22. The first-order valence-corrected chi connectivity index (χ1v) is 10.1. The maximum atomic E-state index is 5.46. The van der Waals surface area contributed by atoms with E-state index in [9.17, 15) is 0 Å². The molecule has 2 aromatic carbocycles. The van der Waals surface area contributed by atoms with Gasteiger partial charge in [-0.15, -0.1) is 0 Å². The minimum Gasteiger partial charge on any atom is -0.493 e. The van der Waals surface area contributed by atoms with Crippen LogP contribution in [0.1, 0.15) is 16.7 Å². The summed E-state index contributed by atoms with van der Waals surface area (Å²) in [5.74, 6) is 1.53. The molecule has 0 aliphatic carbocycles. The van der Waals surface area contributed by atoms with Crippen LogP contribution >= 0.6 is 0 Å². The van der Waals surface area contributed by atoms with E-state index < -0.39 is 0 Å². The molecule has 0 radical (unpaired) electrons. The average molecular weight is 402 g/mol. The normalized spacial score (nSPS) is 11.2. The summed E-state index contributed by atoms with van der Waals surface area (Å²) in [6, 6.07) is 18.8. The van der Waals surface area contributed by atoms with Gasteiger partial charge >= 0.3 is 0 Å². The predicted octanol–water partition coefficient (Wildman–Crippen LogP) is 4.83. The molecular formula is C25H27N3O2. The molecule has 0 saturated carbocycles. The summed E-state index contributed by atoms with van der Waals surface area (Å²) in [4.78, 5) is 10.0. The highest BCUT2D eigenvalue weighted by molar-refractivity contribution is 5.82. The summed E-state index contributed by atoms with van der Waals surface area (Å²) in [6.45, 7) is 2.67. The molecule has 0 aliphatic rings. The van der Waals surface area contributed by atoms with Gasteiger partial charge in [-0.05, 0) is 53.4 Å². The molecule has 5 heteroatoms. The number of ether oxygens (including phenoxy) is 2. The molecule has 0 saturated heterocycles. The first kappa shape index (κ1) is 20.0. The maximum Gasteiger partial charge on any atom is 0.160 e. The first-order valence-electron chi connectivity index (χ1n) is 10.1. The molecule has 0 bridgehead atoms. The zero-order chi connectivity index (χ0) is 20.8. The Morgan fingerprint density at radius 3 is 2.47 bits per heavy atom. The lowest BCUT2D eigenvalue weighted by atomic mass is 10.1. The summed E-state index contributed by atoms with van der Waals surface area (Å²) < 4.78 is 10.8. The summed E-state index contributed by atoms with van der Waals surface area (Å²) in [7, 11) is 3.34. The monoisotopic (exact) mass is 401 g/mol. The Labute approximate surface area is 177 Å². The molecule has 30 heavy (non-hydrogen) atoms. The second-order valence-corrected chi connectivity index (χ2v) is 7.36. The fraction of sp³-hybridized carbons (Fsp3) is 0.240. The number of pyridine rings is 1. The minimum absolute atomic E-state index is 0.758. The van der Waals surface area contributed by atoms with Gasteiger partial charge in [0.25, 0.3) is 0 Å². The highest BCUT2D eigenvalue weighted by Crippen LogP contribution is 2.28. The van der Waals surface area contributed by atoms with Crippen molar-refractivity contribution in [1.82, 2.24) is 14.9 Å². The average Bonchev–Trinajstić information content (AvgIpc) is 3.20. The molecule has 0 unspecified atom stereocenters. The number of nitrogens with zero attached hydrogens (tertiary/aromatic N) is 2. The highest BCUT2D eigenvalue weighted by Gasteiger charge is 2.12. The van der Waals surface area contributed by atoms with Crippen molar-refractivity contribution in [3.63, 3.8) is 0 Å². The third-order valence-electron chi connectivity index (χ3n) is 5.39. The Bertz CT molecular complexity index is 1090. The van der Waals surface area contributed by atoms with Crippen LogP contribution in [0.25, 0.3) is 10.9 Å². The Morgan fingerprint density at radius 1 is 0.867 bits per heavy atom. The van der Waals surface area contributed by atoms with Crippen molar-refractivity contribution in [2.75, 3.05) is 20.8 Å². The SMILES string of the molecule is COc1ccc(CCN(Cc2ccncc2)Cc2c[nH]c3ccccc23)cc1OC. The largest absolute Gasteiger partial charge is 0.493 e. The summed E-state index contributed by atoms with van der Waals surface area (Å²) in [5.41, 5.74) is 4.98. The number of para-hydroxylation sites is 1. The van der Waals surface area contributed by atoms with Gasteiger partial charge in [-0.2, -0.15) is 0 Å². The van der Waals surface area contributed by atoms with Gasteiger partial charge in [-0.25, -0.2) is 0 Å². The Morgan fingerprint density at radius 2 is 1.67 bits per heavy atom. The molecule has 5 nitrogen and oxygen atoms in total. The molecule has 0 amide bonds. The molecule has 4 aromatic rings. The predicted molar refractivity (Wildman–Crippen MR) is 120 cm³/mol. The third-order valence-corrected chi connectivity index (χ3v) is 5.39. The van der Waals surface area contributed by atoms with Crippen molar-refractivity contribution in [1.29, 1.82) is 0 Å². The van der Waals surface area contributed by atoms with Crippen LogP contribution in [-0.2, 0) is 19.5 Å². The van der Waals surface area contributed by atoms with E-state index in [4.69, 9.17) is 9.47 Å². The van der Waals surface area contributed by atoms with Gasteiger partial charge < -0.3 is 14.5 Å². The van der Waals surface area contributed by atoms with Gasteiger partial charge in [0.05, 0.1) is 14.2 Å². The number of nitrogens with one attached hydrogen (secondary N) is 1. The number of rotatable bonds is 9. The highest BCUT2D eigenvalue weighted by atomic mass is 16.5. The van der Waals surface area contributed by atoms with E-state index in [1.807, 2.05) is 18.5 Å². The van der Waals surface area contributed by atoms with E-state index in [1.54, 1.807) is 14.2 Å². The van der Waals surface area contributed by atoms with Crippen LogP contribution in [0.4, 0.5) is 0 Å². The van der Waals surface area contributed by atoms with Crippen molar-refractivity contribution in [3.8, 4) is 11.5 Å². The van der Waals surface area contributed by atoms with Crippen LogP contribution in [0.5, 0.6) is 11.5 Å². The van der Waals surface area contributed by atoms with Crippen molar-refractivity contribution in [2.45, 2.75) is 19.5 Å². The van der Waals surface area contributed by atoms with Gasteiger partial charge in [0, 0.05) is 49.1 Å². The van der Waals surface area contributed by atoms with Gasteiger partial charge in [0.1, 0.15) is 0 Å². The summed E-state index contributed by atoms with van der Waals surface area (Å²) >= 11 is 0. The Balaban J connectivity index is 1.53.